The number of sulfonamides is 1. The van der Waals surface area contributed by atoms with Gasteiger partial charge in [-0.2, -0.15) is 5.10 Å². The van der Waals surface area contributed by atoms with E-state index in [4.69, 9.17) is 17.3 Å². The zero-order valence-corrected chi connectivity index (χ0v) is 11.7. The molecule has 2 rings (SSSR count). The fourth-order valence-electron chi connectivity index (χ4n) is 1.54. The quantitative estimate of drug-likeness (QED) is 0.744. The first-order valence-corrected chi connectivity index (χ1v) is 7.30. The monoisotopic (exact) mass is 300 g/mol. The fourth-order valence-corrected chi connectivity index (χ4v) is 3.10. The molecule has 0 aliphatic carbocycles. The van der Waals surface area contributed by atoms with Crippen LogP contribution in [0.5, 0.6) is 0 Å². The Hall–Kier alpha value is -1.57. The molecule has 8 heteroatoms. The SMILES string of the molecule is Cc1[nH]ncc1CNS(=O)(=O)c1ccc(N)cc1Cl. The summed E-state index contributed by atoms with van der Waals surface area (Å²) in [5.74, 6) is 0. The molecule has 0 atom stereocenters. The molecule has 0 bridgehead atoms. The van der Waals surface area contributed by atoms with E-state index in [0.717, 1.165) is 11.3 Å². The second-order valence-electron chi connectivity index (χ2n) is 4.03. The molecule has 0 aliphatic rings. The molecule has 1 aromatic heterocycles. The Morgan fingerprint density at radius 2 is 2.21 bits per heavy atom. The smallest absolute Gasteiger partial charge is 0.242 e. The normalized spacial score (nSPS) is 11.7. The molecule has 2 aromatic rings. The van der Waals surface area contributed by atoms with Gasteiger partial charge in [-0.1, -0.05) is 11.6 Å². The van der Waals surface area contributed by atoms with Crippen LogP contribution < -0.4 is 10.5 Å². The minimum absolute atomic E-state index is 0.00418. The van der Waals surface area contributed by atoms with E-state index in [0.29, 0.717) is 5.69 Å². The van der Waals surface area contributed by atoms with E-state index >= 15 is 0 Å². The molecule has 0 unspecified atom stereocenters. The maximum atomic E-state index is 12.1. The van der Waals surface area contributed by atoms with E-state index in [-0.39, 0.29) is 16.5 Å². The zero-order chi connectivity index (χ0) is 14.0. The highest BCUT2D eigenvalue weighted by molar-refractivity contribution is 7.89. The summed E-state index contributed by atoms with van der Waals surface area (Å²) in [6.07, 6.45) is 1.57. The number of benzene rings is 1. The summed E-state index contributed by atoms with van der Waals surface area (Å²) in [6, 6.07) is 4.27. The molecule has 1 aromatic carbocycles. The molecule has 0 fully saturated rings. The first kappa shape index (κ1) is 13.9. The number of anilines is 1. The molecule has 0 aliphatic heterocycles. The summed E-state index contributed by atoms with van der Waals surface area (Å²) in [6.45, 7) is 1.96. The largest absolute Gasteiger partial charge is 0.399 e. The molecule has 102 valence electrons. The van der Waals surface area contributed by atoms with E-state index in [1.807, 2.05) is 6.92 Å². The van der Waals surface area contributed by atoms with Crippen molar-refractivity contribution in [3.8, 4) is 0 Å². The Morgan fingerprint density at radius 1 is 1.47 bits per heavy atom. The van der Waals surface area contributed by atoms with Crippen LogP contribution in [-0.2, 0) is 16.6 Å². The predicted molar refractivity (Wildman–Crippen MR) is 73.2 cm³/mol. The Kier molecular flexibility index (Phi) is 3.79. The van der Waals surface area contributed by atoms with Crippen LogP contribution in [0.25, 0.3) is 0 Å². The lowest BCUT2D eigenvalue weighted by Gasteiger charge is -2.08. The standard InChI is InChI=1S/C11H13ClN4O2S/c1-7-8(5-14-16-7)6-15-19(17,18)11-3-2-9(13)4-10(11)12/h2-5,15H,6,13H2,1H3,(H,14,16). The summed E-state index contributed by atoms with van der Waals surface area (Å²) in [5.41, 5.74) is 7.53. The molecule has 0 radical (unpaired) electrons. The number of H-pyrrole nitrogens is 1. The van der Waals surface area contributed by atoms with Crippen molar-refractivity contribution in [2.45, 2.75) is 18.4 Å². The van der Waals surface area contributed by atoms with E-state index in [9.17, 15) is 8.42 Å². The number of rotatable bonds is 4. The Morgan fingerprint density at radius 3 is 2.79 bits per heavy atom. The zero-order valence-electron chi connectivity index (χ0n) is 10.1. The van der Waals surface area contributed by atoms with Gasteiger partial charge < -0.3 is 5.73 Å². The lowest BCUT2D eigenvalue weighted by atomic mass is 10.3. The lowest BCUT2D eigenvalue weighted by Crippen LogP contribution is -2.23. The molecule has 0 saturated carbocycles. The summed E-state index contributed by atoms with van der Waals surface area (Å²) in [4.78, 5) is 0.00418. The second-order valence-corrected chi connectivity index (χ2v) is 6.18. The van der Waals surface area contributed by atoms with Crippen LogP contribution in [-0.4, -0.2) is 18.6 Å². The third-order valence-electron chi connectivity index (χ3n) is 2.63. The van der Waals surface area contributed by atoms with Crippen molar-refractivity contribution in [2.24, 2.45) is 0 Å². The number of nitrogens with zero attached hydrogens (tertiary/aromatic N) is 1. The van der Waals surface area contributed by atoms with Gasteiger partial charge in [0.1, 0.15) is 4.90 Å². The Balaban J connectivity index is 2.21. The van der Waals surface area contributed by atoms with E-state index in [1.165, 1.54) is 18.2 Å². The van der Waals surface area contributed by atoms with Gasteiger partial charge in [0.15, 0.2) is 0 Å². The van der Waals surface area contributed by atoms with Crippen molar-refractivity contribution in [3.05, 3.63) is 40.7 Å². The van der Waals surface area contributed by atoms with Gasteiger partial charge >= 0.3 is 0 Å². The topological polar surface area (TPSA) is 101 Å². The first-order valence-electron chi connectivity index (χ1n) is 5.43. The van der Waals surface area contributed by atoms with Gasteiger partial charge in [0, 0.05) is 23.5 Å². The molecule has 4 N–H and O–H groups in total. The number of aromatic nitrogens is 2. The third kappa shape index (κ3) is 3.06. The molecule has 0 spiro atoms. The van der Waals surface area contributed by atoms with Crippen molar-refractivity contribution >= 4 is 27.3 Å². The van der Waals surface area contributed by atoms with Crippen LogP contribution >= 0.6 is 11.6 Å². The van der Waals surface area contributed by atoms with Gasteiger partial charge in [-0.25, -0.2) is 13.1 Å². The van der Waals surface area contributed by atoms with Gasteiger partial charge in [-0.05, 0) is 25.1 Å². The fraction of sp³-hybridized carbons (Fsp3) is 0.182. The van der Waals surface area contributed by atoms with Crippen molar-refractivity contribution in [1.29, 1.82) is 0 Å². The predicted octanol–water partition coefficient (Wildman–Crippen LogP) is 1.43. The Bertz CT molecular complexity index is 696. The van der Waals surface area contributed by atoms with Crippen molar-refractivity contribution in [2.75, 3.05) is 5.73 Å². The average molecular weight is 301 g/mol. The number of hydrogen-bond acceptors (Lipinski definition) is 4. The maximum absolute atomic E-state index is 12.1. The van der Waals surface area contributed by atoms with Gasteiger partial charge in [-0.3, -0.25) is 5.10 Å². The van der Waals surface area contributed by atoms with Crippen molar-refractivity contribution in [1.82, 2.24) is 14.9 Å². The number of halogens is 1. The molecular formula is C11H13ClN4O2S. The molecule has 0 amide bonds. The van der Waals surface area contributed by atoms with Crippen LogP contribution in [0.3, 0.4) is 0 Å². The van der Waals surface area contributed by atoms with Crippen LogP contribution in [0.4, 0.5) is 5.69 Å². The second kappa shape index (κ2) is 5.20. The van der Waals surface area contributed by atoms with Gasteiger partial charge in [-0.15, -0.1) is 0 Å². The summed E-state index contributed by atoms with van der Waals surface area (Å²) in [7, 11) is -3.68. The van der Waals surface area contributed by atoms with E-state index < -0.39 is 10.0 Å². The highest BCUT2D eigenvalue weighted by Crippen LogP contribution is 2.23. The number of nitrogens with one attached hydrogen (secondary N) is 2. The summed E-state index contributed by atoms with van der Waals surface area (Å²) in [5, 5.41) is 6.65. The first-order chi connectivity index (χ1) is 8.90. The van der Waals surface area contributed by atoms with E-state index in [2.05, 4.69) is 14.9 Å². The van der Waals surface area contributed by atoms with Crippen molar-refractivity contribution in [3.63, 3.8) is 0 Å². The highest BCUT2D eigenvalue weighted by Gasteiger charge is 2.18. The molecule has 6 nitrogen and oxygen atoms in total. The van der Waals surface area contributed by atoms with Crippen molar-refractivity contribution < 1.29 is 8.42 Å². The summed E-state index contributed by atoms with van der Waals surface area (Å²) >= 11 is 5.89. The van der Waals surface area contributed by atoms with E-state index in [1.54, 1.807) is 6.20 Å². The van der Waals surface area contributed by atoms with Gasteiger partial charge in [0.05, 0.1) is 11.2 Å². The van der Waals surface area contributed by atoms with Crippen LogP contribution in [0.15, 0.2) is 29.3 Å². The summed E-state index contributed by atoms with van der Waals surface area (Å²) < 4.78 is 26.7. The average Bonchev–Trinajstić information content (AvgIpc) is 2.72. The lowest BCUT2D eigenvalue weighted by molar-refractivity contribution is 0.581. The third-order valence-corrected chi connectivity index (χ3v) is 4.52. The number of nitrogen functional groups attached to an aromatic ring is 1. The van der Waals surface area contributed by atoms with Crippen LogP contribution in [0.2, 0.25) is 5.02 Å². The maximum Gasteiger partial charge on any atom is 0.242 e. The van der Waals surface area contributed by atoms with Crippen LogP contribution in [0.1, 0.15) is 11.3 Å². The molecule has 0 saturated heterocycles. The minimum Gasteiger partial charge on any atom is -0.399 e. The number of aryl methyl sites for hydroxylation is 1. The Labute approximate surface area is 116 Å². The van der Waals surface area contributed by atoms with Gasteiger partial charge in [0.2, 0.25) is 10.0 Å². The number of aromatic amines is 1. The molecule has 1 heterocycles. The molecule has 19 heavy (non-hydrogen) atoms. The van der Waals surface area contributed by atoms with Crippen LogP contribution in [0, 0.1) is 6.92 Å². The molecular weight excluding hydrogens is 288 g/mol. The number of hydrogen-bond donors (Lipinski definition) is 3. The minimum atomic E-state index is -3.68. The highest BCUT2D eigenvalue weighted by atomic mass is 35.5. The number of nitrogens with two attached hydrogens (primary N) is 1. The van der Waals surface area contributed by atoms with Gasteiger partial charge in [0.25, 0.3) is 0 Å².